The number of anilines is 1. The average Bonchev–Trinajstić information content (AvgIpc) is 2.95. The molecule has 1 atom stereocenters. The summed E-state index contributed by atoms with van der Waals surface area (Å²) in [5.74, 6) is 1.45. The highest BCUT2D eigenvalue weighted by atomic mass is 16.3. The molecule has 2 amide bonds. The molecule has 2 rings (SSSR count). The van der Waals surface area contributed by atoms with Gasteiger partial charge in [0.15, 0.2) is 13.1 Å². The molecule has 0 aliphatic heterocycles. The molecule has 0 aliphatic carbocycles. The van der Waals surface area contributed by atoms with E-state index in [-0.39, 0.29) is 24.9 Å². The number of para-hydroxylation sites is 1. The molecule has 1 unspecified atom stereocenters. The van der Waals surface area contributed by atoms with E-state index >= 15 is 0 Å². The molecular weight excluding hydrogens is 330 g/mol. The molecule has 1 aromatic carbocycles. The summed E-state index contributed by atoms with van der Waals surface area (Å²) in [6, 6.07) is 9.64. The summed E-state index contributed by atoms with van der Waals surface area (Å²) in [6.07, 6.45) is 0. The van der Waals surface area contributed by atoms with Crippen LogP contribution in [0.25, 0.3) is 0 Å². The first-order chi connectivity index (χ1) is 12.3. The fraction of sp³-hybridized carbons (Fsp3) is 0.400. The first-order valence-corrected chi connectivity index (χ1v) is 8.73. The minimum Gasteiger partial charge on any atom is -0.464 e. The Bertz CT molecular complexity index is 762. The maximum atomic E-state index is 12.3. The second kappa shape index (κ2) is 8.67. The predicted octanol–water partition coefficient (Wildman–Crippen LogP) is 1.32. The first-order valence-electron chi connectivity index (χ1n) is 8.73. The highest BCUT2D eigenvalue weighted by Crippen LogP contribution is 2.18. The summed E-state index contributed by atoms with van der Waals surface area (Å²) in [5.41, 5.74) is 2.91. The van der Waals surface area contributed by atoms with Crippen LogP contribution in [0.2, 0.25) is 0 Å². The van der Waals surface area contributed by atoms with Gasteiger partial charge in [-0.05, 0) is 44.0 Å². The Labute approximate surface area is 154 Å². The quantitative estimate of drug-likeness (QED) is 0.784. The number of rotatable bonds is 7. The van der Waals surface area contributed by atoms with Crippen LogP contribution >= 0.6 is 0 Å². The lowest BCUT2D eigenvalue weighted by atomic mass is 10.1. The Morgan fingerprint density at radius 2 is 1.73 bits per heavy atom. The number of carbonyl (C=O) groups excluding carboxylic acids is 2. The van der Waals surface area contributed by atoms with E-state index in [0.29, 0.717) is 6.54 Å². The number of likely N-dealkylation sites (N-methyl/N-ethyl adjacent to an activating group) is 2. The van der Waals surface area contributed by atoms with Gasteiger partial charge in [0.25, 0.3) is 11.8 Å². The fourth-order valence-electron chi connectivity index (χ4n) is 2.82. The molecule has 0 aliphatic rings. The summed E-state index contributed by atoms with van der Waals surface area (Å²) < 4.78 is 5.50. The molecule has 6 heteroatoms. The van der Waals surface area contributed by atoms with Gasteiger partial charge in [-0.1, -0.05) is 18.2 Å². The molecule has 0 saturated carbocycles. The maximum Gasteiger partial charge on any atom is 0.279 e. The normalized spacial score (nSPS) is 11.9. The van der Waals surface area contributed by atoms with Crippen molar-refractivity contribution in [3.05, 3.63) is 53.0 Å². The molecule has 26 heavy (non-hydrogen) atoms. The van der Waals surface area contributed by atoms with Gasteiger partial charge in [-0.2, -0.15) is 0 Å². The minimum absolute atomic E-state index is 0.0311. The van der Waals surface area contributed by atoms with E-state index in [1.165, 1.54) is 0 Å². The largest absolute Gasteiger partial charge is 0.464 e. The lowest BCUT2D eigenvalue weighted by Gasteiger charge is -2.19. The molecule has 140 valence electrons. The summed E-state index contributed by atoms with van der Waals surface area (Å²) in [4.78, 5) is 27.1. The number of benzene rings is 1. The van der Waals surface area contributed by atoms with Crippen molar-refractivity contribution in [2.45, 2.75) is 27.3 Å². The van der Waals surface area contributed by atoms with Crippen molar-refractivity contribution < 1.29 is 18.9 Å². The van der Waals surface area contributed by atoms with Gasteiger partial charge < -0.3 is 19.5 Å². The van der Waals surface area contributed by atoms with E-state index in [1.807, 2.05) is 58.2 Å². The number of quaternary nitrogens is 1. The highest BCUT2D eigenvalue weighted by Gasteiger charge is 2.19. The molecule has 2 aromatic rings. The average molecular weight is 358 g/mol. The van der Waals surface area contributed by atoms with Gasteiger partial charge in [-0.15, -0.1) is 0 Å². The van der Waals surface area contributed by atoms with Crippen molar-refractivity contribution in [3.63, 3.8) is 0 Å². The summed E-state index contributed by atoms with van der Waals surface area (Å²) >= 11 is 0. The second-order valence-corrected chi connectivity index (χ2v) is 6.89. The van der Waals surface area contributed by atoms with Crippen LogP contribution in [-0.4, -0.2) is 43.9 Å². The van der Waals surface area contributed by atoms with Crippen LogP contribution in [0.5, 0.6) is 0 Å². The Morgan fingerprint density at radius 3 is 2.31 bits per heavy atom. The fourth-order valence-corrected chi connectivity index (χ4v) is 2.82. The van der Waals surface area contributed by atoms with E-state index in [1.54, 1.807) is 11.9 Å². The zero-order valence-corrected chi connectivity index (χ0v) is 16.2. The molecule has 0 fully saturated rings. The number of nitrogens with one attached hydrogen (secondary N) is 2. The van der Waals surface area contributed by atoms with E-state index < -0.39 is 0 Å². The van der Waals surface area contributed by atoms with Gasteiger partial charge in [-0.3, -0.25) is 9.59 Å². The monoisotopic (exact) mass is 358 g/mol. The second-order valence-electron chi connectivity index (χ2n) is 6.89. The molecule has 1 heterocycles. The van der Waals surface area contributed by atoms with Crippen molar-refractivity contribution in [3.8, 4) is 0 Å². The standard InChI is InChI=1S/C20H27N3O3/c1-14-7-6-8-15(2)20(14)21-18(24)12-22(4)13-19(25)23(5)11-17-10-9-16(3)26-17/h6-10H,11-13H2,1-5H3,(H,21,24)/p+1. The predicted molar refractivity (Wildman–Crippen MR) is 101 cm³/mol. The van der Waals surface area contributed by atoms with Gasteiger partial charge in [-0.25, -0.2) is 0 Å². The van der Waals surface area contributed by atoms with Crippen LogP contribution in [0.1, 0.15) is 22.6 Å². The summed E-state index contributed by atoms with van der Waals surface area (Å²) in [5, 5.41) is 2.95. The number of furan rings is 1. The lowest BCUT2D eigenvalue weighted by Crippen LogP contribution is -3.11. The van der Waals surface area contributed by atoms with Gasteiger partial charge >= 0.3 is 0 Å². The van der Waals surface area contributed by atoms with Crippen molar-refractivity contribution in [2.75, 3.05) is 32.5 Å². The number of carbonyl (C=O) groups is 2. The van der Waals surface area contributed by atoms with Gasteiger partial charge in [0.1, 0.15) is 11.5 Å². The third-order valence-electron chi connectivity index (χ3n) is 4.28. The van der Waals surface area contributed by atoms with Crippen molar-refractivity contribution in [1.82, 2.24) is 4.90 Å². The molecule has 0 radical (unpaired) electrons. The van der Waals surface area contributed by atoms with Crippen LogP contribution in [0.3, 0.4) is 0 Å². The van der Waals surface area contributed by atoms with Crippen LogP contribution < -0.4 is 10.2 Å². The maximum absolute atomic E-state index is 12.3. The van der Waals surface area contributed by atoms with E-state index in [9.17, 15) is 9.59 Å². The number of aryl methyl sites for hydroxylation is 3. The first kappa shape index (κ1) is 19.7. The summed E-state index contributed by atoms with van der Waals surface area (Å²) in [6.45, 7) is 6.71. The summed E-state index contributed by atoms with van der Waals surface area (Å²) in [7, 11) is 3.58. The molecule has 0 spiro atoms. The van der Waals surface area contributed by atoms with Crippen molar-refractivity contribution >= 4 is 17.5 Å². The van der Waals surface area contributed by atoms with Gasteiger partial charge in [0, 0.05) is 12.7 Å². The Kier molecular flexibility index (Phi) is 6.58. The zero-order chi connectivity index (χ0) is 19.3. The van der Waals surface area contributed by atoms with Crippen LogP contribution in [-0.2, 0) is 16.1 Å². The van der Waals surface area contributed by atoms with Gasteiger partial charge in [0.2, 0.25) is 0 Å². The number of hydrogen-bond acceptors (Lipinski definition) is 3. The third-order valence-corrected chi connectivity index (χ3v) is 4.28. The molecule has 1 aromatic heterocycles. The zero-order valence-electron chi connectivity index (χ0n) is 16.2. The third kappa shape index (κ3) is 5.46. The smallest absolute Gasteiger partial charge is 0.279 e. The van der Waals surface area contributed by atoms with Crippen molar-refractivity contribution in [2.24, 2.45) is 0 Å². The van der Waals surface area contributed by atoms with E-state index in [4.69, 9.17) is 4.42 Å². The van der Waals surface area contributed by atoms with E-state index in [2.05, 4.69) is 5.32 Å². The van der Waals surface area contributed by atoms with Crippen LogP contribution in [0.4, 0.5) is 5.69 Å². The van der Waals surface area contributed by atoms with Gasteiger partial charge in [0.05, 0.1) is 13.6 Å². The number of nitrogens with zero attached hydrogens (tertiary/aromatic N) is 1. The number of amides is 2. The Hall–Kier alpha value is -2.60. The Balaban J connectivity index is 1.84. The molecular formula is C20H28N3O3+. The number of hydrogen-bond donors (Lipinski definition) is 2. The minimum atomic E-state index is -0.1000. The molecule has 0 bridgehead atoms. The molecule has 0 saturated heterocycles. The topological polar surface area (TPSA) is 67.0 Å². The molecule has 6 nitrogen and oxygen atoms in total. The van der Waals surface area contributed by atoms with Crippen LogP contribution in [0, 0.1) is 20.8 Å². The lowest BCUT2D eigenvalue weighted by molar-refractivity contribution is -0.862. The van der Waals surface area contributed by atoms with Crippen LogP contribution in [0.15, 0.2) is 34.7 Å². The molecule has 2 N–H and O–H groups in total. The van der Waals surface area contributed by atoms with E-state index in [0.717, 1.165) is 33.2 Å². The Morgan fingerprint density at radius 1 is 1.08 bits per heavy atom. The highest BCUT2D eigenvalue weighted by molar-refractivity contribution is 5.93. The van der Waals surface area contributed by atoms with Crippen molar-refractivity contribution in [1.29, 1.82) is 0 Å². The SMILES string of the molecule is Cc1ccc(CN(C)C(=O)C[NH+](C)CC(=O)Nc2c(C)cccc2C)o1.